The zero-order valence-corrected chi connectivity index (χ0v) is 19.0. The summed E-state index contributed by atoms with van der Waals surface area (Å²) in [5.41, 5.74) is 5.37. The molecule has 2 unspecified atom stereocenters. The topological polar surface area (TPSA) is 173 Å². The highest BCUT2D eigenvalue weighted by molar-refractivity contribution is 8.13. The van der Waals surface area contributed by atoms with Crippen LogP contribution in [0.1, 0.15) is 53.4 Å². The van der Waals surface area contributed by atoms with Crippen LogP contribution in [0.3, 0.4) is 0 Å². The van der Waals surface area contributed by atoms with E-state index in [1.807, 2.05) is 0 Å². The summed E-state index contributed by atoms with van der Waals surface area (Å²) < 4.78 is 4.99. The fourth-order valence-electron chi connectivity index (χ4n) is 2.23. The normalized spacial score (nSPS) is 12.6. The second-order valence-electron chi connectivity index (χ2n) is 6.85. The fraction of sp³-hybridized carbons (Fsp3) is 0.684. The number of thioether (sulfide) groups is 1. The van der Waals surface area contributed by atoms with E-state index < -0.39 is 54.4 Å². The first-order valence-corrected chi connectivity index (χ1v) is 10.9. The predicted molar refractivity (Wildman–Crippen MR) is 113 cm³/mol. The minimum atomic E-state index is -1.28. The van der Waals surface area contributed by atoms with Crippen LogP contribution in [0.4, 0.5) is 0 Å². The maximum atomic E-state index is 13.0. The zero-order chi connectivity index (χ0) is 24.1. The van der Waals surface area contributed by atoms with Gasteiger partial charge in [0.1, 0.15) is 18.6 Å². The average molecular weight is 462 g/mol. The Morgan fingerprint density at radius 1 is 1.10 bits per heavy atom. The Bertz CT molecular complexity index is 683. The third-order valence-electron chi connectivity index (χ3n) is 3.86. The number of rotatable bonds is 13. The number of carbonyl (C=O) groups excluding carboxylic acids is 5. The predicted octanol–water partition coefficient (Wildman–Crippen LogP) is 0.0499. The number of esters is 1. The van der Waals surface area contributed by atoms with Crippen LogP contribution in [0.15, 0.2) is 0 Å². The third-order valence-corrected chi connectivity index (χ3v) is 4.97. The molecule has 0 radical (unpaired) electrons. The SMILES string of the molecule is CCC(=O)SCC(NC(=O)CCC(N)C(=O)O)C(=O)N(CC(=O)OC(C)C)C(=O)CC. The molecule has 0 aromatic carbocycles. The number of carboxylic acid groups (broad SMARTS) is 1. The molecule has 12 heteroatoms. The molecule has 0 spiro atoms. The van der Waals surface area contributed by atoms with Crippen molar-refractivity contribution in [1.29, 1.82) is 0 Å². The zero-order valence-electron chi connectivity index (χ0n) is 18.2. The van der Waals surface area contributed by atoms with Crippen LogP contribution < -0.4 is 11.1 Å². The smallest absolute Gasteiger partial charge is 0.326 e. The Balaban J connectivity index is 5.46. The van der Waals surface area contributed by atoms with Crippen molar-refractivity contribution in [3.05, 3.63) is 0 Å². The number of aliphatic carboxylic acids is 1. The molecule has 0 aromatic heterocycles. The maximum absolute atomic E-state index is 13.0. The van der Waals surface area contributed by atoms with Crippen molar-refractivity contribution in [3.63, 3.8) is 0 Å². The lowest BCUT2D eigenvalue weighted by atomic mass is 10.1. The van der Waals surface area contributed by atoms with Gasteiger partial charge in [-0.05, 0) is 20.3 Å². The van der Waals surface area contributed by atoms with Gasteiger partial charge >= 0.3 is 11.9 Å². The molecule has 3 amide bonds. The molecule has 31 heavy (non-hydrogen) atoms. The highest BCUT2D eigenvalue weighted by atomic mass is 32.2. The van der Waals surface area contributed by atoms with Crippen molar-refractivity contribution in [3.8, 4) is 0 Å². The maximum Gasteiger partial charge on any atom is 0.326 e. The van der Waals surface area contributed by atoms with Gasteiger partial charge in [0, 0.05) is 25.0 Å². The van der Waals surface area contributed by atoms with Gasteiger partial charge < -0.3 is 20.9 Å². The van der Waals surface area contributed by atoms with Gasteiger partial charge in [-0.3, -0.25) is 33.7 Å². The molecule has 0 heterocycles. The summed E-state index contributed by atoms with van der Waals surface area (Å²) in [5.74, 6) is -4.40. The molecule has 2 atom stereocenters. The number of nitrogens with one attached hydrogen (secondary N) is 1. The van der Waals surface area contributed by atoms with Gasteiger partial charge in [-0.2, -0.15) is 0 Å². The number of hydrogen-bond acceptors (Lipinski definition) is 9. The summed E-state index contributed by atoms with van der Waals surface area (Å²) in [5, 5.41) is 11.0. The van der Waals surface area contributed by atoms with Gasteiger partial charge in [0.2, 0.25) is 11.8 Å². The lowest BCUT2D eigenvalue weighted by molar-refractivity contribution is -0.158. The van der Waals surface area contributed by atoms with E-state index in [-0.39, 0.29) is 36.6 Å². The Morgan fingerprint density at radius 3 is 2.19 bits per heavy atom. The van der Waals surface area contributed by atoms with Crippen molar-refractivity contribution in [2.45, 2.75) is 71.6 Å². The summed E-state index contributed by atoms with van der Waals surface area (Å²) in [6.07, 6.45) is -0.767. The summed E-state index contributed by atoms with van der Waals surface area (Å²) in [6.45, 7) is 5.74. The lowest BCUT2D eigenvalue weighted by Gasteiger charge is -2.26. The van der Waals surface area contributed by atoms with Crippen LogP contribution in [0.2, 0.25) is 0 Å². The van der Waals surface area contributed by atoms with Gasteiger partial charge in [0.15, 0.2) is 5.12 Å². The molecule has 0 bridgehead atoms. The van der Waals surface area contributed by atoms with Crippen molar-refractivity contribution in [2.75, 3.05) is 12.3 Å². The van der Waals surface area contributed by atoms with E-state index in [1.165, 1.54) is 6.92 Å². The van der Waals surface area contributed by atoms with E-state index in [4.69, 9.17) is 15.6 Å². The third kappa shape index (κ3) is 11.5. The second-order valence-corrected chi connectivity index (χ2v) is 7.93. The van der Waals surface area contributed by atoms with E-state index >= 15 is 0 Å². The molecule has 0 aliphatic rings. The first kappa shape index (κ1) is 28.5. The number of hydrogen-bond donors (Lipinski definition) is 3. The largest absolute Gasteiger partial charge is 0.480 e. The molecule has 0 rings (SSSR count). The highest BCUT2D eigenvalue weighted by Gasteiger charge is 2.32. The standard InChI is InChI=1S/C19H31N3O8S/c1-5-15(24)22(9-16(25)30-11(3)4)18(27)13(10-31-17(26)6-2)21-14(23)8-7-12(20)19(28)29/h11-13H,5-10,20H2,1-4H3,(H,21,23)(H,28,29). The van der Waals surface area contributed by atoms with Crippen LogP contribution in [0, 0.1) is 0 Å². The quantitative estimate of drug-likeness (QED) is 0.318. The molecule has 0 saturated heterocycles. The van der Waals surface area contributed by atoms with Crippen molar-refractivity contribution in [2.24, 2.45) is 5.73 Å². The minimum Gasteiger partial charge on any atom is -0.480 e. The molecule has 0 aliphatic carbocycles. The first-order valence-electron chi connectivity index (χ1n) is 9.89. The van der Waals surface area contributed by atoms with E-state index in [9.17, 15) is 28.8 Å². The van der Waals surface area contributed by atoms with Gasteiger partial charge in [0.05, 0.1) is 6.10 Å². The second kappa shape index (κ2) is 14.5. The molecule has 0 saturated carbocycles. The van der Waals surface area contributed by atoms with Gasteiger partial charge in [0.25, 0.3) is 5.91 Å². The summed E-state index contributed by atoms with van der Waals surface area (Å²) in [6, 6.07) is -2.53. The molecule has 0 aromatic rings. The Morgan fingerprint density at radius 2 is 1.71 bits per heavy atom. The molecular formula is C19H31N3O8S. The van der Waals surface area contributed by atoms with Gasteiger partial charge in [-0.1, -0.05) is 25.6 Å². The Kier molecular flexibility index (Phi) is 13.4. The van der Waals surface area contributed by atoms with Crippen LogP contribution in [-0.2, 0) is 33.5 Å². The number of amides is 3. The molecule has 0 aliphatic heterocycles. The molecule has 0 fully saturated rings. The molecule has 176 valence electrons. The summed E-state index contributed by atoms with van der Waals surface area (Å²) >= 11 is 0.803. The van der Waals surface area contributed by atoms with Crippen LogP contribution >= 0.6 is 11.8 Å². The minimum absolute atomic E-state index is 0.0735. The van der Waals surface area contributed by atoms with Crippen LogP contribution in [-0.4, -0.2) is 75.3 Å². The summed E-state index contributed by atoms with van der Waals surface area (Å²) in [4.78, 5) is 72.7. The number of nitrogens with two attached hydrogens (primary N) is 1. The van der Waals surface area contributed by atoms with Gasteiger partial charge in [-0.15, -0.1) is 0 Å². The number of carbonyl (C=O) groups is 6. The van der Waals surface area contributed by atoms with Gasteiger partial charge in [-0.25, -0.2) is 0 Å². The fourth-order valence-corrected chi connectivity index (χ4v) is 3.01. The van der Waals surface area contributed by atoms with E-state index in [0.717, 1.165) is 11.8 Å². The monoisotopic (exact) mass is 461 g/mol. The van der Waals surface area contributed by atoms with Crippen molar-refractivity contribution in [1.82, 2.24) is 10.2 Å². The van der Waals surface area contributed by atoms with Crippen LogP contribution in [0.25, 0.3) is 0 Å². The Hall–Kier alpha value is -2.47. The molecule has 11 nitrogen and oxygen atoms in total. The van der Waals surface area contributed by atoms with E-state index in [2.05, 4.69) is 5.32 Å². The summed E-state index contributed by atoms with van der Waals surface area (Å²) in [7, 11) is 0. The number of nitrogens with zero attached hydrogens (tertiary/aromatic N) is 1. The number of imide groups is 1. The molecular weight excluding hydrogens is 430 g/mol. The number of ether oxygens (including phenoxy) is 1. The highest BCUT2D eigenvalue weighted by Crippen LogP contribution is 2.11. The van der Waals surface area contributed by atoms with E-state index in [0.29, 0.717) is 4.90 Å². The lowest BCUT2D eigenvalue weighted by Crippen LogP contribution is -2.53. The molecule has 4 N–H and O–H groups in total. The van der Waals surface area contributed by atoms with Crippen molar-refractivity contribution >= 4 is 46.5 Å². The first-order chi connectivity index (χ1) is 14.4. The number of carboxylic acids is 1. The van der Waals surface area contributed by atoms with E-state index in [1.54, 1.807) is 20.8 Å². The van der Waals surface area contributed by atoms with Crippen LogP contribution in [0.5, 0.6) is 0 Å². The van der Waals surface area contributed by atoms with Crippen molar-refractivity contribution < 1.29 is 38.6 Å². The Labute approximate surface area is 185 Å². The average Bonchev–Trinajstić information content (AvgIpc) is 2.70.